The Morgan fingerprint density at radius 1 is 0.963 bits per heavy atom. The van der Waals surface area contributed by atoms with Crippen molar-refractivity contribution in [1.82, 2.24) is 10.2 Å². The average Bonchev–Trinajstić information content (AvgIpc) is 3.28. The second kappa shape index (κ2) is 6.78. The molecule has 10 heteroatoms. The molecule has 27 heavy (non-hydrogen) atoms. The Morgan fingerprint density at radius 3 is 2.41 bits per heavy atom. The van der Waals surface area contributed by atoms with Crippen LogP contribution in [0.25, 0.3) is 22.6 Å². The first kappa shape index (κ1) is 17.7. The summed E-state index contributed by atoms with van der Waals surface area (Å²) in [7, 11) is -4.62. The topological polar surface area (TPSA) is 86.2 Å². The number of benzene rings is 2. The molecule has 0 atom stereocenters. The van der Waals surface area contributed by atoms with Crippen molar-refractivity contribution >= 4 is 32.6 Å². The van der Waals surface area contributed by atoms with Crippen LogP contribution in [0.15, 0.2) is 78.4 Å². The number of furan rings is 1. The van der Waals surface area contributed by atoms with Crippen LogP contribution < -0.4 is 0 Å². The third-order valence-electron chi connectivity index (χ3n) is 3.63. The molecule has 0 aliphatic carbocycles. The number of hydrogen-bond donors (Lipinski definition) is 0. The molecule has 0 bridgehead atoms. The number of fused-ring (bicyclic) bond motifs is 1. The second-order valence-corrected chi connectivity index (χ2v) is 8.34. The van der Waals surface area contributed by atoms with Gasteiger partial charge in [0.05, 0.1) is 4.90 Å². The van der Waals surface area contributed by atoms with E-state index in [-0.39, 0.29) is 11.1 Å². The number of alkyl halides is 2. The first-order valence-corrected chi connectivity index (χ1v) is 9.92. The predicted octanol–water partition coefficient (Wildman–Crippen LogP) is 4.63. The highest BCUT2D eigenvalue weighted by atomic mass is 32.2. The Hall–Kier alpha value is -2.72. The zero-order valence-corrected chi connectivity index (χ0v) is 15.0. The summed E-state index contributed by atoms with van der Waals surface area (Å²) in [5, 5.41) is 8.94. The zero-order chi connectivity index (χ0) is 19.0. The predicted molar refractivity (Wildman–Crippen MR) is 93.3 cm³/mol. The summed E-state index contributed by atoms with van der Waals surface area (Å²) >= 11 is 1.07. The smallest absolute Gasteiger partial charge is 0.341 e. The van der Waals surface area contributed by atoms with Crippen LogP contribution in [-0.4, -0.2) is 24.4 Å². The summed E-state index contributed by atoms with van der Waals surface area (Å²) in [6, 6.07) is 14.2. The van der Waals surface area contributed by atoms with Gasteiger partial charge < -0.3 is 8.83 Å². The van der Waals surface area contributed by atoms with Crippen LogP contribution in [-0.2, 0) is 9.84 Å². The first-order chi connectivity index (χ1) is 12.9. The largest absolute Gasteiger partial charge is 0.451 e. The zero-order valence-electron chi connectivity index (χ0n) is 13.4. The fourth-order valence-corrected chi connectivity index (χ4v) is 3.74. The Bertz CT molecular complexity index is 1170. The maximum absolute atomic E-state index is 12.6. The van der Waals surface area contributed by atoms with E-state index in [1.165, 1.54) is 12.1 Å². The molecule has 4 aromatic rings. The number of rotatable bonds is 5. The van der Waals surface area contributed by atoms with E-state index in [4.69, 9.17) is 8.83 Å². The van der Waals surface area contributed by atoms with E-state index in [0.29, 0.717) is 16.2 Å². The Kier molecular flexibility index (Phi) is 4.44. The van der Waals surface area contributed by atoms with Gasteiger partial charge in [-0.3, -0.25) is 0 Å². The molecular weight excluding hydrogens is 398 g/mol. The summed E-state index contributed by atoms with van der Waals surface area (Å²) < 4.78 is 59.2. The van der Waals surface area contributed by atoms with Gasteiger partial charge in [-0.05, 0) is 48.2 Å². The SMILES string of the molecule is O=S(=O)(c1ccc(Sc2nnc(-c3cc4ccccc4o3)o2)cc1)C(F)F. The standard InChI is InChI=1S/C17H10F2N2O4S2/c18-16(19)27(22,23)12-7-5-11(6-8-12)26-17-21-20-15(25-17)14-9-10-3-1-2-4-13(10)24-14/h1-9,16H. The highest BCUT2D eigenvalue weighted by Gasteiger charge is 2.26. The van der Waals surface area contributed by atoms with Crippen molar-refractivity contribution in [2.24, 2.45) is 0 Å². The average molecular weight is 408 g/mol. The van der Waals surface area contributed by atoms with Gasteiger partial charge in [-0.25, -0.2) is 8.42 Å². The monoisotopic (exact) mass is 408 g/mol. The van der Waals surface area contributed by atoms with Crippen LogP contribution in [0.5, 0.6) is 0 Å². The Balaban J connectivity index is 1.54. The van der Waals surface area contributed by atoms with Gasteiger partial charge in [-0.2, -0.15) is 8.78 Å². The van der Waals surface area contributed by atoms with Crippen molar-refractivity contribution in [3.63, 3.8) is 0 Å². The van der Waals surface area contributed by atoms with Gasteiger partial charge in [-0.15, -0.1) is 10.2 Å². The van der Waals surface area contributed by atoms with E-state index in [2.05, 4.69) is 10.2 Å². The third-order valence-corrected chi connectivity index (χ3v) is 5.88. The molecule has 4 rings (SSSR count). The molecule has 0 aliphatic rings. The number of hydrogen-bond acceptors (Lipinski definition) is 7. The van der Waals surface area contributed by atoms with Gasteiger partial charge in [0.25, 0.3) is 11.1 Å². The van der Waals surface area contributed by atoms with Crippen molar-refractivity contribution in [1.29, 1.82) is 0 Å². The molecule has 6 nitrogen and oxygen atoms in total. The lowest BCUT2D eigenvalue weighted by molar-refractivity contribution is 0.234. The molecule has 0 spiro atoms. The number of sulfone groups is 1. The van der Waals surface area contributed by atoms with E-state index in [1.807, 2.05) is 24.3 Å². The summed E-state index contributed by atoms with van der Waals surface area (Å²) in [6.45, 7) is 0. The molecule has 2 aromatic heterocycles. The minimum absolute atomic E-state index is 0.200. The summed E-state index contributed by atoms with van der Waals surface area (Å²) in [5.74, 6) is -2.84. The minimum Gasteiger partial charge on any atom is -0.451 e. The number of halogens is 2. The first-order valence-electron chi connectivity index (χ1n) is 7.56. The van der Waals surface area contributed by atoms with Gasteiger partial charge >= 0.3 is 5.76 Å². The van der Waals surface area contributed by atoms with Crippen LogP contribution >= 0.6 is 11.8 Å². The van der Waals surface area contributed by atoms with E-state index in [1.54, 1.807) is 6.07 Å². The second-order valence-electron chi connectivity index (χ2n) is 5.40. The van der Waals surface area contributed by atoms with Crippen molar-refractivity contribution in [2.75, 3.05) is 0 Å². The molecule has 138 valence electrons. The Labute approximate surface area is 156 Å². The van der Waals surface area contributed by atoms with Gasteiger partial charge in [0.1, 0.15) is 5.58 Å². The van der Waals surface area contributed by atoms with Crippen molar-refractivity contribution < 1.29 is 26.0 Å². The molecule has 0 saturated heterocycles. The molecule has 0 aliphatic heterocycles. The maximum atomic E-state index is 12.6. The molecular formula is C17H10F2N2O4S2. The van der Waals surface area contributed by atoms with Gasteiger partial charge in [0.15, 0.2) is 5.76 Å². The normalized spacial score (nSPS) is 12.1. The van der Waals surface area contributed by atoms with E-state index < -0.39 is 20.5 Å². The van der Waals surface area contributed by atoms with Gasteiger partial charge in [-0.1, -0.05) is 18.2 Å². The molecule has 2 heterocycles. The van der Waals surface area contributed by atoms with Gasteiger partial charge in [0, 0.05) is 10.3 Å². The summed E-state index contributed by atoms with van der Waals surface area (Å²) in [4.78, 5) is 0.110. The van der Waals surface area contributed by atoms with Crippen LogP contribution in [0.1, 0.15) is 0 Å². The van der Waals surface area contributed by atoms with Crippen molar-refractivity contribution in [3.05, 3.63) is 54.6 Å². The lowest BCUT2D eigenvalue weighted by atomic mass is 10.2. The lowest BCUT2D eigenvalue weighted by Crippen LogP contribution is -2.10. The van der Waals surface area contributed by atoms with E-state index >= 15 is 0 Å². The van der Waals surface area contributed by atoms with Gasteiger partial charge in [0.2, 0.25) is 9.84 Å². The van der Waals surface area contributed by atoms with Crippen LogP contribution in [0.3, 0.4) is 0 Å². The quantitative estimate of drug-likeness (QED) is 0.476. The fraction of sp³-hybridized carbons (Fsp3) is 0.0588. The molecule has 0 unspecified atom stereocenters. The number of nitrogens with zero attached hydrogens (tertiary/aromatic N) is 2. The minimum atomic E-state index is -4.62. The fourth-order valence-electron chi connectivity index (χ4n) is 2.34. The van der Waals surface area contributed by atoms with Crippen molar-refractivity contribution in [2.45, 2.75) is 20.8 Å². The third kappa shape index (κ3) is 3.45. The van der Waals surface area contributed by atoms with E-state index in [9.17, 15) is 17.2 Å². The highest BCUT2D eigenvalue weighted by molar-refractivity contribution is 7.99. The molecule has 0 fully saturated rings. The van der Waals surface area contributed by atoms with Crippen LogP contribution in [0.2, 0.25) is 0 Å². The molecule has 0 saturated carbocycles. The summed E-state index contributed by atoms with van der Waals surface area (Å²) in [6.07, 6.45) is 0. The van der Waals surface area contributed by atoms with Crippen LogP contribution in [0, 0.1) is 0 Å². The molecule has 0 amide bonds. The number of para-hydroxylation sites is 1. The molecule has 0 N–H and O–H groups in total. The highest BCUT2D eigenvalue weighted by Crippen LogP contribution is 2.32. The Morgan fingerprint density at radius 2 is 1.70 bits per heavy atom. The lowest BCUT2D eigenvalue weighted by Gasteiger charge is -2.03. The van der Waals surface area contributed by atoms with Crippen LogP contribution in [0.4, 0.5) is 8.78 Å². The molecule has 0 radical (unpaired) electrons. The van der Waals surface area contributed by atoms with E-state index in [0.717, 1.165) is 29.3 Å². The number of aromatic nitrogens is 2. The maximum Gasteiger partial charge on any atom is 0.341 e. The van der Waals surface area contributed by atoms with Crippen molar-refractivity contribution in [3.8, 4) is 11.7 Å². The molecule has 2 aromatic carbocycles. The summed E-state index contributed by atoms with van der Waals surface area (Å²) in [5.41, 5.74) is 0.690.